The number of ketones is 2. The van der Waals surface area contributed by atoms with Crippen molar-refractivity contribution in [1.82, 2.24) is 0 Å². The van der Waals surface area contributed by atoms with Crippen LogP contribution < -0.4 is 0 Å². The van der Waals surface area contributed by atoms with E-state index in [4.69, 9.17) is 37.9 Å². The van der Waals surface area contributed by atoms with Crippen molar-refractivity contribution >= 4 is 11.6 Å². The van der Waals surface area contributed by atoms with Crippen LogP contribution in [0.2, 0.25) is 0 Å². The Morgan fingerprint density at radius 3 is 1.85 bits per heavy atom. The predicted molar refractivity (Wildman–Crippen MR) is 249 cm³/mol. The normalized spacial score (nSPS) is 51.1. The molecule has 8 rings (SSSR count). The minimum Gasteiger partial charge on any atom is -0.394 e. The highest BCUT2D eigenvalue weighted by Crippen LogP contribution is 2.66. The molecule has 4 saturated heterocycles. The Kier molecular flexibility index (Phi) is 18.0. The Morgan fingerprint density at radius 2 is 1.23 bits per heavy atom. The lowest BCUT2D eigenvalue weighted by Gasteiger charge is -2.58. The monoisotopic (exact) mass is 1050 g/mol. The third-order valence-electron chi connectivity index (χ3n) is 18.6. The van der Waals surface area contributed by atoms with Crippen molar-refractivity contribution in [2.24, 2.45) is 46.3 Å². The van der Waals surface area contributed by atoms with Gasteiger partial charge in [0.25, 0.3) is 0 Å². The molecule has 0 aromatic carbocycles. The maximum absolute atomic E-state index is 14.1. The van der Waals surface area contributed by atoms with Gasteiger partial charge in [0.15, 0.2) is 25.2 Å². The molecule has 3 saturated carbocycles. The lowest BCUT2D eigenvalue weighted by Crippen LogP contribution is -2.66. The van der Waals surface area contributed by atoms with Gasteiger partial charge in [0.1, 0.15) is 97.0 Å². The fraction of sp³-hybridized carbons (Fsp3) is 0.922. The van der Waals surface area contributed by atoms with Crippen LogP contribution in [-0.4, -0.2) is 222 Å². The number of carbonyl (C=O) groups excluding carboxylic acids is 2. The Labute approximate surface area is 425 Å². The van der Waals surface area contributed by atoms with Gasteiger partial charge < -0.3 is 99.2 Å². The minimum atomic E-state index is -1.77. The zero-order chi connectivity index (χ0) is 53.2. The van der Waals surface area contributed by atoms with E-state index in [2.05, 4.69) is 19.9 Å². The molecule has 8 aliphatic rings. The van der Waals surface area contributed by atoms with Gasteiger partial charge in [-0.25, -0.2) is 0 Å². The molecule has 0 aromatic heterocycles. The average Bonchev–Trinajstić information content (AvgIpc) is 3.64. The van der Waals surface area contributed by atoms with E-state index < -0.39 is 154 Å². The fourth-order valence-electron chi connectivity index (χ4n) is 14.0. The molecule has 0 bridgehead atoms. The van der Waals surface area contributed by atoms with Crippen molar-refractivity contribution < 1.29 is 109 Å². The molecule has 4 aliphatic carbocycles. The van der Waals surface area contributed by atoms with Gasteiger partial charge in [-0.15, -0.1) is 0 Å². The number of aliphatic hydroxyl groups is 12. The standard InChI is InChI=1S/C51H82O22/c1-20(19-66-46-40(62)39(61)36(58)31(17-52)70-46)7-10-29(54)21(2)33-30(55)16-28-26-9-8-24-15-25(11-13-50(24,5)27(26)12-14-51(28,33)6)69-49-45(73-48-42(64)38(60)35(57)23(4)68-48)43(65)44(32(18-53)71-49)72-47-41(63)37(59)34(56)22(3)67-47/h8,20-23,25-28,31-49,52-53,56-65H,7,9-19H2,1-6H3/t20-,21-,22+,23+,25+,26-,27+,28+,31-,32-,33?,34+,35+,36-,37-,38-,39+,40-,41-,42-,43+,44-,45-,46-,47+,48+,49-,50+,51+/m1/s1. The number of aliphatic hydroxyl groups excluding tert-OH is 12. The summed E-state index contributed by atoms with van der Waals surface area (Å²) in [5, 5.41) is 126. The molecule has 22 heteroatoms. The van der Waals surface area contributed by atoms with Crippen molar-refractivity contribution in [2.45, 2.75) is 228 Å². The summed E-state index contributed by atoms with van der Waals surface area (Å²) in [6.07, 6.45) is -22.4. The first-order chi connectivity index (χ1) is 34.4. The second kappa shape index (κ2) is 22.9. The van der Waals surface area contributed by atoms with E-state index in [0.717, 1.165) is 19.3 Å². The zero-order valence-electron chi connectivity index (χ0n) is 42.6. The van der Waals surface area contributed by atoms with Crippen LogP contribution in [0.25, 0.3) is 0 Å². The number of hydrogen-bond acceptors (Lipinski definition) is 22. The molecule has 73 heavy (non-hydrogen) atoms. The molecular formula is C51H82O22. The molecule has 418 valence electrons. The van der Waals surface area contributed by atoms with E-state index in [-0.39, 0.29) is 59.1 Å². The molecule has 0 spiro atoms. The van der Waals surface area contributed by atoms with E-state index in [1.165, 1.54) is 19.4 Å². The van der Waals surface area contributed by atoms with Crippen LogP contribution in [0.4, 0.5) is 0 Å². The molecule has 0 radical (unpaired) electrons. The predicted octanol–water partition coefficient (Wildman–Crippen LogP) is -1.93. The van der Waals surface area contributed by atoms with Crippen LogP contribution in [0.1, 0.15) is 99.3 Å². The maximum Gasteiger partial charge on any atom is 0.187 e. The molecule has 29 atom stereocenters. The minimum absolute atomic E-state index is 0.00532. The second-order valence-electron chi connectivity index (χ2n) is 23.2. The Balaban J connectivity index is 0.916. The van der Waals surface area contributed by atoms with E-state index in [0.29, 0.717) is 32.1 Å². The number of allylic oxidation sites excluding steroid dienone is 1. The largest absolute Gasteiger partial charge is 0.394 e. The third kappa shape index (κ3) is 10.9. The van der Waals surface area contributed by atoms with Crippen LogP contribution >= 0.6 is 0 Å². The van der Waals surface area contributed by atoms with Crippen molar-refractivity contribution in [3.05, 3.63) is 11.6 Å². The summed E-state index contributed by atoms with van der Waals surface area (Å²) in [5.41, 5.74) is 0.569. The maximum atomic E-state index is 14.1. The first kappa shape index (κ1) is 57.5. The third-order valence-corrected chi connectivity index (χ3v) is 18.6. The van der Waals surface area contributed by atoms with Gasteiger partial charge in [-0.05, 0) is 93.3 Å². The smallest absolute Gasteiger partial charge is 0.187 e. The highest BCUT2D eigenvalue weighted by molar-refractivity contribution is 5.92. The van der Waals surface area contributed by atoms with E-state index >= 15 is 0 Å². The van der Waals surface area contributed by atoms with Crippen LogP contribution in [0, 0.1) is 46.3 Å². The number of carbonyl (C=O) groups is 2. The molecule has 4 aliphatic heterocycles. The molecule has 0 aromatic rings. The first-order valence-corrected chi connectivity index (χ1v) is 26.4. The highest BCUT2D eigenvalue weighted by atomic mass is 16.8. The van der Waals surface area contributed by atoms with Crippen LogP contribution in [0.5, 0.6) is 0 Å². The van der Waals surface area contributed by atoms with Gasteiger partial charge >= 0.3 is 0 Å². The summed E-state index contributed by atoms with van der Waals surface area (Å²) in [7, 11) is 0. The molecular weight excluding hydrogens is 965 g/mol. The van der Waals surface area contributed by atoms with Gasteiger partial charge in [-0.3, -0.25) is 9.59 Å². The van der Waals surface area contributed by atoms with Gasteiger partial charge in [0.05, 0.1) is 38.1 Å². The Morgan fingerprint density at radius 1 is 0.658 bits per heavy atom. The lowest BCUT2D eigenvalue weighted by molar-refractivity contribution is -0.388. The van der Waals surface area contributed by atoms with E-state index in [1.54, 1.807) is 0 Å². The van der Waals surface area contributed by atoms with Crippen molar-refractivity contribution in [2.75, 3.05) is 19.8 Å². The quantitative estimate of drug-likeness (QED) is 0.0749. The number of fused-ring (bicyclic) bond motifs is 5. The summed E-state index contributed by atoms with van der Waals surface area (Å²) < 4.78 is 47.6. The lowest BCUT2D eigenvalue weighted by atomic mass is 9.47. The first-order valence-electron chi connectivity index (χ1n) is 26.4. The topological polar surface area (TPSA) is 351 Å². The number of hydrogen-bond donors (Lipinski definition) is 12. The number of Topliss-reactive ketones (excluding diaryl/α,β-unsaturated/α-hetero) is 2. The van der Waals surface area contributed by atoms with E-state index in [1.807, 2.05) is 13.8 Å². The van der Waals surface area contributed by atoms with Gasteiger partial charge in [-0.1, -0.05) is 39.3 Å². The number of ether oxygens (including phenoxy) is 8. The van der Waals surface area contributed by atoms with Crippen LogP contribution in [0.3, 0.4) is 0 Å². The molecule has 7 fully saturated rings. The van der Waals surface area contributed by atoms with Crippen LogP contribution in [-0.2, 0) is 47.5 Å². The average molecular weight is 1050 g/mol. The summed E-state index contributed by atoms with van der Waals surface area (Å²) >= 11 is 0. The summed E-state index contributed by atoms with van der Waals surface area (Å²) in [4.78, 5) is 28.0. The molecule has 0 amide bonds. The van der Waals surface area contributed by atoms with Crippen molar-refractivity contribution in [3.8, 4) is 0 Å². The molecule has 4 heterocycles. The van der Waals surface area contributed by atoms with Crippen molar-refractivity contribution in [1.29, 1.82) is 0 Å². The fourth-order valence-corrected chi connectivity index (χ4v) is 14.0. The molecule has 22 nitrogen and oxygen atoms in total. The second-order valence-corrected chi connectivity index (χ2v) is 23.2. The summed E-state index contributed by atoms with van der Waals surface area (Å²) in [5.74, 6) is -0.436. The molecule has 1 unspecified atom stereocenters. The summed E-state index contributed by atoms with van der Waals surface area (Å²) in [6, 6.07) is 0. The van der Waals surface area contributed by atoms with E-state index in [9.17, 15) is 70.9 Å². The van der Waals surface area contributed by atoms with Crippen molar-refractivity contribution in [3.63, 3.8) is 0 Å². The molecule has 12 N–H and O–H groups in total. The SMILES string of the molecule is C[C@H](CCC(=O)[C@@H](C)C1C(=O)C[C@H]2[C@@H]3CC=C4C[C@@H](O[C@@H]5O[C@H](CO)[C@@H](O[C@@H]6O[C@@H](C)[C@H](O)[C@@H](O)[C@H]6O)[C@H](O)[C@H]5O[C@@H]5O[C@@H](C)[C@H](O)[C@@H](O)[C@H]5O)CC[C@]4(C)[C@H]3CC[C@]12C)CO[C@@H]1O[C@H](CO)[C@@H](O)[C@H](O)[C@H]1O. The number of rotatable bonds is 16. The van der Waals surface area contributed by atoms with Gasteiger partial charge in [0.2, 0.25) is 0 Å². The zero-order valence-corrected chi connectivity index (χ0v) is 42.6. The van der Waals surface area contributed by atoms with Gasteiger partial charge in [-0.2, -0.15) is 0 Å². The Hall–Kier alpha value is -1.72. The van der Waals surface area contributed by atoms with Crippen LogP contribution in [0.15, 0.2) is 11.6 Å². The summed E-state index contributed by atoms with van der Waals surface area (Å²) in [6.45, 7) is 9.94. The van der Waals surface area contributed by atoms with Gasteiger partial charge in [0, 0.05) is 24.7 Å². The highest BCUT2D eigenvalue weighted by Gasteiger charge is 2.63. The Bertz CT molecular complexity index is 1930.